The highest BCUT2D eigenvalue weighted by Crippen LogP contribution is 2.30. The van der Waals surface area contributed by atoms with E-state index in [9.17, 15) is 20.1 Å². The van der Waals surface area contributed by atoms with E-state index in [0.717, 1.165) is 18.6 Å². The summed E-state index contributed by atoms with van der Waals surface area (Å²) in [5.74, 6) is -0.0716. The molecule has 0 amide bonds. The molecule has 6 heteroatoms. The predicted octanol–water partition coefficient (Wildman–Crippen LogP) is 2.07. The number of aliphatic hydroxyl groups is 4. The van der Waals surface area contributed by atoms with Gasteiger partial charge in [0.2, 0.25) is 5.78 Å². The molecule has 0 saturated carbocycles. The largest absolute Gasteiger partial charge is 0.504 e. The summed E-state index contributed by atoms with van der Waals surface area (Å²) in [6.07, 6.45) is 5.65. The molecule has 1 aliphatic rings. The minimum Gasteiger partial charge on any atom is -0.504 e. The second-order valence-corrected chi connectivity index (χ2v) is 6.39. The molecule has 0 spiro atoms. The quantitative estimate of drug-likeness (QED) is 0.369. The first-order valence-electron chi connectivity index (χ1n) is 9.01. The second-order valence-electron chi connectivity index (χ2n) is 6.39. The Morgan fingerprint density at radius 3 is 2.59 bits per heavy atom. The van der Waals surface area contributed by atoms with Crippen LogP contribution in [0.4, 0.5) is 0 Å². The maximum absolute atomic E-state index is 12.1. The highest BCUT2D eigenvalue weighted by Gasteiger charge is 2.28. The number of Topliss-reactive ketones (excluding diaryl/α,β-unsaturated/α-hetero) is 1. The zero-order chi connectivity index (χ0) is 19.6. The van der Waals surface area contributed by atoms with Crippen LogP contribution in [-0.4, -0.2) is 51.6 Å². The molecule has 1 aromatic carbocycles. The zero-order valence-corrected chi connectivity index (χ0v) is 15.1. The summed E-state index contributed by atoms with van der Waals surface area (Å²) in [6, 6.07) is 9.54. The summed E-state index contributed by atoms with van der Waals surface area (Å²) in [5.41, 5.74) is 0.443. The van der Waals surface area contributed by atoms with Crippen LogP contribution in [-0.2, 0) is 4.79 Å². The van der Waals surface area contributed by atoms with E-state index in [4.69, 9.17) is 9.84 Å². The molecular weight excluding hydrogens is 348 g/mol. The van der Waals surface area contributed by atoms with Gasteiger partial charge in [-0.2, -0.15) is 0 Å². The van der Waals surface area contributed by atoms with Crippen LogP contribution in [0.25, 0.3) is 0 Å². The van der Waals surface area contributed by atoms with Gasteiger partial charge in [-0.05, 0) is 37.5 Å². The smallest absolute Gasteiger partial charge is 0.223 e. The molecule has 0 radical (unpaired) electrons. The summed E-state index contributed by atoms with van der Waals surface area (Å²) in [7, 11) is 0. The third kappa shape index (κ3) is 6.36. The van der Waals surface area contributed by atoms with E-state index in [1.807, 2.05) is 30.3 Å². The summed E-state index contributed by atoms with van der Waals surface area (Å²) in [4.78, 5) is 12.1. The molecule has 0 aliphatic heterocycles. The molecular formula is C21H26O6. The Morgan fingerprint density at radius 2 is 1.89 bits per heavy atom. The molecule has 4 N–H and O–H groups in total. The van der Waals surface area contributed by atoms with Crippen LogP contribution < -0.4 is 4.74 Å². The molecule has 3 atom stereocenters. The van der Waals surface area contributed by atoms with Gasteiger partial charge >= 0.3 is 0 Å². The van der Waals surface area contributed by atoms with E-state index in [1.54, 1.807) is 6.08 Å². The molecule has 1 aromatic rings. The number of rotatable bonds is 10. The van der Waals surface area contributed by atoms with E-state index < -0.39 is 24.6 Å². The SMILES string of the molecule is O=C1C(O)=CC(CCCCOc2ccccc2)C1=CC=C[C@H](O)[C@H](O)CO. The Bertz CT molecular complexity index is 692. The lowest BCUT2D eigenvalue weighted by atomic mass is 9.95. The minimum atomic E-state index is -1.27. The molecule has 1 unspecified atom stereocenters. The molecule has 27 heavy (non-hydrogen) atoms. The first kappa shape index (κ1) is 20.9. The maximum atomic E-state index is 12.1. The van der Waals surface area contributed by atoms with Crippen LogP contribution in [0.2, 0.25) is 0 Å². The third-order valence-corrected chi connectivity index (χ3v) is 4.34. The minimum absolute atomic E-state index is 0.196. The zero-order valence-electron chi connectivity index (χ0n) is 15.1. The van der Waals surface area contributed by atoms with E-state index >= 15 is 0 Å². The van der Waals surface area contributed by atoms with E-state index in [0.29, 0.717) is 18.6 Å². The molecule has 0 aromatic heterocycles. The van der Waals surface area contributed by atoms with E-state index in [1.165, 1.54) is 18.2 Å². The number of hydrogen-bond acceptors (Lipinski definition) is 6. The molecule has 0 saturated heterocycles. The van der Waals surface area contributed by atoms with Crippen LogP contribution in [0, 0.1) is 5.92 Å². The topological polar surface area (TPSA) is 107 Å². The van der Waals surface area contributed by atoms with Crippen LogP contribution >= 0.6 is 0 Å². The van der Waals surface area contributed by atoms with Gasteiger partial charge in [0.05, 0.1) is 13.2 Å². The number of hydrogen-bond donors (Lipinski definition) is 4. The van der Waals surface area contributed by atoms with Gasteiger partial charge in [-0.1, -0.05) is 36.4 Å². The van der Waals surface area contributed by atoms with Crippen molar-refractivity contribution in [1.29, 1.82) is 0 Å². The Hall–Kier alpha value is -2.41. The highest BCUT2D eigenvalue weighted by molar-refractivity contribution is 6.09. The number of aliphatic hydroxyl groups excluding tert-OH is 4. The molecule has 146 valence electrons. The van der Waals surface area contributed by atoms with Crippen molar-refractivity contribution < 1.29 is 30.0 Å². The number of unbranched alkanes of at least 4 members (excludes halogenated alkanes) is 1. The van der Waals surface area contributed by atoms with Gasteiger partial charge in [0.1, 0.15) is 18.0 Å². The fourth-order valence-corrected chi connectivity index (χ4v) is 2.79. The molecule has 0 heterocycles. The van der Waals surface area contributed by atoms with E-state index in [2.05, 4.69) is 0 Å². The standard InChI is InChI=1S/C21H26O6/c22-14-20(25)18(23)11-6-10-17-15(13-19(24)21(17)26)7-4-5-12-27-16-8-2-1-3-9-16/h1-3,6,8-11,13,15,18,20,22-25H,4-5,7,12,14H2/t15?,18-,20+/m0/s1. The average molecular weight is 374 g/mol. The summed E-state index contributed by atoms with van der Waals surface area (Å²) < 4.78 is 5.63. The lowest BCUT2D eigenvalue weighted by molar-refractivity contribution is -0.114. The van der Waals surface area contributed by atoms with Crippen molar-refractivity contribution in [2.75, 3.05) is 13.2 Å². The van der Waals surface area contributed by atoms with Gasteiger partial charge in [0.15, 0.2) is 5.76 Å². The van der Waals surface area contributed by atoms with Crippen LogP contribution in [0.5, 0.6) is 5.75 Å². The van der Waals surface area contributed by atoms with E-state index in [-0.39, 0.29) is 11.7 Å². The number of carbonyl (C=O) groups is 1. The van der Waals surface area contributed by atoms with Gasteiger partial charge < -0.3 is 25.2 Å². The second kappa shape index (κ2) is 10.7. The Morgan fingerprint density at radius 1 is 1.15 bits per heavy atom. The monoisotopic (exact) mass is 374 g/mol. The van der Waals surface area contributed by atoms with Crippen LogP contribution in [0.15, 0.2) is 66.0 Å². The highest BCUT2D eigenvalue weighted by atomic mass is 16.5. The average Bonchev–Trinajstić information content (AvgIpc) is 2.95. The van der Waals surface area contributed by atoms with Crippen molar-refractivity contribution in [3.63, 3.8) is 0 Å². The van der Waals surface area contributed by atoms with Gasteiger partial charge in [0.25, 0.3) is 0 Å². The summed E-state index contributed by atoms with van der Waals surface area (Å²) in [6.45, 7) is 0.0155. The van der Waals surface area contributed by atoms with Crippen LogP contribution in [0.1, 0.15) is 19.3 Å². The molecule has 0 bridgehead atoms. The number of ether oxygens (including phenoxy) is 1. The van der Waals surface area contributed by atoms with Gasteiger partial charge in [-0.25, -0.2) is 0 Å². The first-order valence-corrected chi connectivity index (χ1v) is 9.01. The number of carbonyl (C=O) groups excluding carboxylic acids is 1. The number of ketones is 1. The summed E-state index contributed by atoms with van der Waals surface area (Å²) in [5, 5.41) is 37.4. The van der Waals surface area contributed by atoms with Gasteiger partial charge in [-0.3, -0.25) is 4.79 Å². The van der Waals surface area contributed by atoms with Crippen LogP contribution in [0.3, 0.4) is 0 Å². The lowest BCUT2D eigenvalue weighted by Gasteiger charge is -2.11. The van der Waals surface area contributed by atoms with Crippen molar-refractivity contribution >= 4 is 5.78 Å². The molecule has 0 fully saturated rings. The molecule has 6 nitrogen and oxygen atoms in total. The summed E-state index contributed by atoms with van der Waals surface area (Å²) >= 11 is 0. The third-order valence-electron chi connectivity index (χ3n) is 4.34. The van der Waals surface area contributed by atoms with Crippen molar-refractivity contribution in [2.24, 2.45) is 5.92 Å². The number of benzene rings is 1. The van der Waals surface area contributed by atoms with Gasteiger partial charge in [-0.15, -0.1) is 0 Å². The predicted molar refractivity (Wildman–Crippen MR) is 101 cm³/mol. The van der Waals surface area contributed by atoms with Crippen molar-refractivity contribution in [3.05, 3.63) is 66.0 Å². The maximum Gasteiger partial charge on any atom is 0.223 e. The van der Waals surface area contributed by atoms with Gasteiger partial charge in [0, 0.05) is 11.5 Å². The van der Waals surface area contributed by atoms with Crippen molar-refractivity contribution in [2.45, 2.75) is 31.5 Å². The van der Waals surface area contributed by atoms with Crippen molar-refractivity contribution in [3.8, 4) is 5.75 Å². The molecule has 1 aliphatic carbocycles. The number of allylic oxidation sites excluding steroid dienone is 4. The Kier molecular flexibility index (Phi) is 8.26. The Balaban J connectivity index is 1.83. The first-order chi connectivity index (χ1) is 13.0. The normalized spacial score (nSPS) is 20.9. The Labute approximate surface area is 158 Å². The fourth-order valence-electron chi connectivity index (χ4n) is 2.79. The fraction of sp³-hybridized carbons (Fsp3) is 0.381. The number of para-hydroxylation sites is 1. The lowest BCUT2D eigenvalue weighted by Crippen LogP contribution is -2.27. The molecule has 2 rings (SSSR count). The van der Waals surface area contributed by atoms with Crippen molar-refractivity contribution in [1.82, 2.24) is 0 Å².